The van der Waals surface area contributed by atoms with Crippen molar-refractivity contribution in [3.05, 3.63) is 59.1 Å². The molecule has 1 atom stereocenters. The van der Waals surface area contributed by atoms with Crippen LogP contribution in [0.2, 0.25) is 5.02 Å². The number of sulfonamides is 1. The Hall–Kier alpha value is -2.78. The molecule has 0 spiro atoms. The molecule has 36 heavy (non-hydrogen) atoms. The molecule has 0 radical (unpaired) electrons. The van der Waals surface area contributed by atoms with Crippen molar-refractivity contribution in [1.82, 2.24) is 10.2 Å². The third kappa shape index (κ3) is 7.61. The highest BCUT2D eigenvalue weighted by Gasteiger charge is 2.31. The first-order valence-corrected chi connectivity index (χ1v) is 14.3. The maximum atomic E-state index is 13.6. The number of anilines is 1. The summed E-state index contributed by atoms with van der Waals surface area (Å²) in [6, 6.07) is 12.7. The average Bonchev–Trinajstić information content (AvgIpc) is 2.86. The number of nitrogens with zero attached hydrogens (tertiary/aromatic N) is 2. The normalized spacial score (nSPS) is 15.1. The van der Waals surface area contributed by atoms with Crippen LogP contribution in [0.25, 0.3) is 0 Å². The van der Waals surface area contributed by atoms with Crippen molar-refractivity contribution >= 4 is 39.1 Å². The molecule has 1 unspecified atom stereocenters. The summed E-state index contributed by atoms with van der Waals surface area (Å²) in [5.41, 5.74) is 1.08. The molecule has 10 heteroatoms. The molecule has 0 heterocycles. The van der Waals surface area contributed by atoms with Crippen LogP contribution in [0.15, 0.2) is 48.5 Å². The zero-order chi connectivity index (χ0) is 26.3. The predicted molar refractivity (Wildman–Crippen MR) is 142 cm³/mol. The number of benzene rings is 2. The first kappa shape index (κ1) is 27.8. The lowest BCUT2D eigenvalue weighted by atomic mass is 9.95. The van der Waals surface area contributed by atoms with Crippen molar-refractivity contribution in [1.29, 1.82) is 0 Å². The lowest BCUT2D eigenvalue weighted by molar-refractivity contribution is -0.139. The Morgan fingerprint density at radius 1 is 1.11 bits per heavy atom. The van der Waals surface area contributed by atoms with E-state index in [1.54, 1.807) is 56.5 Å². The fraction of sp³-hybridized carbons (Fsp3) is 0.462. The molecule has 1 fully saturated rings. The van der Waals surface area contributed by atoms with Crippen LogP contribution in [0.5, 0.6) is 5.75 Å². The molecule has 1 aliphatic carbocycles. The minimum Gasteiger partial charge on any atom is -0.497 e. The van der Waals surface area contributed by atoms with Gasteiger partial charge in [0.15, 0.2) is 0 Å². The van der Waals surface area contributed by atoms with Gasteiger partial charge in [-0.2, -0.15) is 0 Å². The van der Waals surface area contributed by atoms with Crippen LogP contribution in [-0.4, -0.2) is 57.1 Å². The fourth-order valence-electron chi connectivity index (χ4n) is 4.34. The van der Waals surface area contributed by atoms with E-state index >= 15 is 0 Å². The quantitative estimate of drug-likeness (QED) is 0.496. The molecule has 0 bridgehead atoms. The van der Waals surface area contributed by atoms with Gasteiger partial charge in [0.1, 0.15) is 18.3 Å². The molecule has 2 aromatic carbocycles. The number of carbonyl (C=O) groups excluding carboxylic acids is 2. The van der Waals surface area contributed by atoms with E-state index in [0.717, 1.165) is 48.2 Å². The molecule has 1 saturated carbocycles. The summed E-state index contributed by atoms with van der Waals surface area (Å²) >= 11 is 5.96. The van der Waals surface area contributed by atoms with Crippen LogP contribution in [0.3, 0.4) is 0 Å². The van der Waals surface area contributed by atoms with E-state index in [1.807, 2.05) is 6.07 Å². The van der Waals surface area contributed by atoms with Gasteiger partial charge >= 0.3 is 0 Å². The topological polar surface area (TPSA) is 96.0 Å². The molecule has 2 amide bonds. The molecule has 8 nitrogen and oxygen atoms in total. The monoisotopic (exact) mass is 535 g/mol. The first-order valence-electron chi connectivity index (χ1n) is 12.0. The zero-order valence-electron chi connectivity index (χ0n) is 20.9. The van der Waals surface area contributed by atoms with Crippen LogP contribution >= 0.6 is 11.6 Å². The first-order chi connectivity index (χ1) is 17.1. The summed E-state index contributed by atoms with van der Waals surface area (Å²) in [6.07, 6.45) is 6.17. The Bertz CT molecular complexity index is 1150. The van der Waals surface area contributed by atoms with Gasteiger partial charge in [-0.05, 0) is 61.7 Å². The highest BCUT2D eigenvalue weighted by molar-refractivity contribution is 7.92. The molecule has 1 N–H and O–H groups in total. The molecule has 3 rings (SSSR count). The molecule has 0 saturated heterocycles. The van der Waals surface area contributed by atoms with E-state index in [-0.39, 0.29) is 18.5 Å². The maximum Gasteiger partial charge on any atom is 0.244 e. The van der Waals surface area contributed by atoms with Gasteiger partial charge in [-0.3, -0.25) is 13.9 Å². The predicted octanol–water partition coefficient (Wildman–Crippen LogP) is 3.98. The average molecular weight is 536 g/mol. The Morgan fingerprint density at radius 3 is 2.39 bits per heavy atom. The minimum absolute atomic E-state index is 0.0871. The van der Waals surface area contributed by atoms with Gasteiger partial charge in [0.2, 0.25) is 21.8 Å². The van der Waals surface area contributed by atoms with Crippen LogP contribution in [-0.2, 0) is 26.2 Å². The smallest absolute Gasteiger partial charge is 0.244 e. The van der Waals surface area contributed by atoms with Gasteiger partial charge in [0, 0.05) is 17.6 Å². The number of amides is 2. The number of halogens is 1. The van der Waals surface area contributed by atoms with Gasteiger partial charge in [-0.25, -0.2) is 8.42 Å². The number of hydrogen-bond acceptors (Lipinski definition) is 5. The van der Waals surface area contributed by atoms with Gasteiger partial charge in [0.25, 0.3) is 0 Å². The van der Waals surface area contributed by atoms with Crippen LogP contribution in [0.1, 0.15) is 44.6 Å². The molecular formula is C26H34ClN3O5S. The molecule has 0 aliphatic heterocycles. The zero-order valence-corrected chi connectivity index (χ0v) is 22.5. The minimum atomic E-state index is -3.79. The summed E-state index contributed by atoms with van der Waals surface area (Å²) in [4.78, 5) is 28.2. The Labute approximate surface area is 218 Å². The molecule has 196 valence electrons. The van der Waals surface area contributed by atoms with Crippen molar-refractivity contribution < 1.29 is 22.7 Å². The highest BCUT2D eigenvalue weighted by atomic mass is 35.5. The van der Waals surface area contributed by atoms with Crippen molar-refractivity contribution in [2.75, 3.05) is 24.2 Å². The molecule has 0 aromatic heterocycles. The number of methoxy groups -OCH3 is 1. The number of carbonyl (C=O) groups is 2. The third-order valence-corrected chi connectivity index (χ3v) is 7.79. The van der Waals surface area contributed by atoms with Crippen molar-refractivity contribution in [3.63, 3.8) is 0 Å². The second-order valence-corrected chi connectivity index (χ2v) is 11.5. The second kappa shape index (κ2) is 12.5. The van der Waals surface area contributed by atoms with Gasteiger partial charge in [0.05, 0.1) is 19.1 Å². The summed E-state index contributed by atoms with van der Waals surface area (Å²) in [6.45, 7) is 1.34. The van der Waals surface area contributed by atoms with E-state index < -0.39 is 28.5 Å². The largest absolute Gasteiger partial charge is 0.497 e. The lowest BCUT2D eigenvalue weighted by Gasteiger charge is -2.33. The maximum absolute atomic E-state index is 13.6. The molecule has 2 aromatic rings. The van der Waals surface area contributed by atoms with E-state index in [4.69, 9.17) is 16.3 Å². The fourth-order valence-corrected chi connectivity index (χ4v) is 5.32. The standard InChI is InChI=1S/C26H34ClN3O5S/c1-19(26(32)28-22-9-5-4-6-10-22)29(17-20-8-7-11-24(16-20)35-2)25(31)18-30(36(3,33)34)23-14-12-21(27)13-15-23/h7-8,11-16,19,22H,4-6,9-10,17-18H2,1-3H3,(H,28,32). The summed E-state index contributed by atoms with van der Waals surface area (Å²) in [7, 11) is -2.24. The summed E-state index contributed by atoms with van der Waals surface area (Å²) < 4.78 is 31.5. The van der Waals surface area contributed by atoms with Crippen molar-refractivity contribution in [2.24, 2.45) is 0 Å². The van der Waals surface area contributed by atoms with Gasteiger partial charge in [-0.15, -0.1) is 0 Å². The van der Waals surface area contributed by atoms with Crippen molar-refractivity contribution in [3.8, 4) is 5.75 Å². The Balaban J connectivity index is 1.87. The van der Waals surface area contributed by atoms with E-state index in [9.17, 15) is 18.0 Å². The third-order valence-electron chi connectivity index (χ3n) is 6.40. The second-order valence-electron chi connectivity index (χ2n) is 9.14. The Kier molecular flexibility index (Phi) is 9.62. The molecular weight excluding hydrogens is 502 g/mol. The highest BCUT2D eigenvalue weighted by Crippen LogP contribution is 2.23. The number of rotatable bonds is 10. The number of ether oxygens (including phenoxy) is 1. The van der Waals surface area contributed by atoms with E-state index in [2.05, 4.69) is 5.32 Å². The van der Waals surface area contributed by atoms with Gasteiger partial charge in [-0.1, -0.05) is 43.0 Å². The van der Waals surface area contributed by atoms with Crippen LogP contribution in [0, 0.1) is 0 Å². The van der Waals surface area contributed by atoms with E-state index in [0.29, 0.717) is 16.5 Å². The van der Waals surface area contributed by atoms with Crippen molar-refractivity contribution in [2.45, 2.75) is 57.7 Å². The van der Waals surface area contributed by atoms with E-state index in [1.165, 1.54) is 4.90 Å². The van der Waals surface area contributed by atoms with Crippen LogP contribution in [0.4, 0.5) is 5.69 Å². The summed E-state index contributed by atoms with van der Waals surface area (Å²) in [5.74, 6) is -0.127. The Morgan fingerprint density at radius 2 is 1.78 bits per heavy atom. The lowest BCUT2D eigenvalue weighted by Crippen LogP contribution is -2.52. The van der Waals surface area contributed by atoms with Gasteiger partial charge < -0.3 is 15.0 Å². The summed E-state index contributed by atoms with van der Waals surface area (Å²) in [5, 5.41) is 3.53. The number of nitrogens with one attached hydrogen (secondary N) is 1. The number of hydrogen-bond donors (Lipinski definition) is 1. The molecule has 1 aliphatic rings. The van der Waals surface area contributed by atoms with Crippen LogP contribution < -0.4 is 14.4 Å². The SMILES string of the molecule is COc1cccc(CN(C(=O)CN(c2ccc(Cl)cc2)S(C)(=O)=O)C(C)C(=O)NC2CCCCC2)c1.